The molecule has 0 aliphatic carbocycles. The zero-order chi connectivity index (χ0) is 20.1. The lowest BCUT2D eigenvalue weighted by atomic mass is 10.1. The Morgan fingerprint density at radius 3 is 2.68 bits per heavy atom. The summed E-state index contributed by atoms with van der Waals surface area (Å²) in [7, 11) is 0. The van der Waals surface area contributed by atoms with Crippen molar-refractivity contribution in [3.05, 3.63) is 50.9 Å². The highest BCUT2D eigenvalue weighted by Gasteiger charge is 2.12. The molecule has 0 saturated carbocycles. The quantitative estimate of drug-likeness (QED) is 0.561. The van der Waals surface area contributed by atoms with Gasteiger partial charge in [-0.3, -0.25) is 4.79 Å². The molecule has 148 valence electrons. The molecule has 8 heteroatoms. The number of rotatable bonds is 8. The van der Waals surface area contributed by atoms with E-state index in [0.717, 1.165) is 21.1 Å². The maximum Gasteiger partial charge on any atom is 0.226 e. The van der Waals surface area contributed by atoms with Crippen LogP contribution in [0.4, 0.5) is 0 Å². The monoisotopic (exact) mass is 418 g/mol. The summed E-state index contributed by atoms with van der Waals surface area (Å²) < 4.78 is 5.19. The Bertz CT molecular complexity index is 934. The molecular formula is C20H23ClN4O2S. The first-order chi connectivity index (χ1) is 13.4. The predicted molar refractivity (Wildman–Crippen MR) is 110 cm³/mol. The lowest BCUT2D eigenvalue weighted by Crippen LogP contribution is -2.22. The maximum atomic E-state index is 12.1. The van der Waals surface area contributed by atoms with Crippen LogP contribution in [0.25, 0.3) is 11.3 Å². The van der Waals surface area contributed by atoms with Crippen LogP contribution < -0.4 is 5.32 Å². The number of aromatic nitrogens is 3. The normalized spacial score (nSPS) is 11.2. The average molecular weight is 419 g/mol. The molecule has 0 saturated heterocycles. The van der Waals surface area contributed by atoms with E-state index < -0.39 is 0 Å². The van der Waals surface area contributed by atoms with Gasteiger partial charge in [-0.25, -0.2) is 4.98 Å². The second-order valence-electron chi connectivity index (χ2n) is 6.85. The van der Waals surface area contributed by atoms with Gasteiger partial charge < -0.3 is 9.84 Å². The first kappa shape index (κ1) is 20.5. The molecule has 0 fully saturated rings. The van der Waals surface area contributed by atoms with Crippen LogP contribution in [0.5, 0.6) is 0 Å². The van der Waals surface area contributed by atoms with Crippen molar-refractivity contribution in [2.45, 2.75) is 52.5 Å². The van der Waals surface area contributed by atoms with Crippen molar-refractivity contribution in [2.24, 2.45) is 0 Å². The van der Waals surface area contributed by atoms with Crippen molar-refractivity contribution in [3.8, 4) is 11.3 Å². The number of halogens is 1. The highest BCUT2D eigenvalue weighted by Crippen LogP contribution is 2.28. The fraction of sp³-hybridized carbons (Fsp3) is 0.400. The number of amides is 1. The number of nitrogens with one attached hydrogen (secondary N) is 1. The average Bonchev–Trinajstić information content (AvgIpc) is 3.28. The van der Waals surface area contributed by atoms with Gasteiger partial charge in [-0.2, -0.15) is 4.98 Å². The summed E-state index contributed by atoms with van der Waals surface area (Å²) in [5, 5.41) is 8.44. The van der Waals surface area contributed by atoms with E-state index in [0.29, 0.717) is 42.5 Å². The summed E-state index contributed by atoms with van der Waals surface area (Å²) in [6.07, 6.45) is 1.68. The number of carbonyl (C=O) groups is 1. The van der Waals surface area contributed by atoms with Gasteiger partial charge in [0.25, 0.3) is 0 Å². The number of aryl methyl sites for hydroxylation is 2. The SMILES string of the molecule is Cc1sc(CNC(=O)CCCc2nc(C(C)C)no2)nc1-c1ccc(Cl)cc1. The van der Waals surface area contributed by atoms with Gasteiger partial charge in [0, 0.05) is 34.2 Å². The van der Waals surface area contributed by atoms with Crippen LogP contribution in [0.1, 0.15) is 54.2 Å². The molecule has 1 amide bonds. The number of hydrogen-bond acceptors (Lipinski definition) is 6. The topological polar surface area (TPSA) is 80.9 Å². The van der Waals surface area contributed by atoms with Crippen LogP contribution in [-0.2, 0) is 17.8 Å². The van der Waals surface area contributed by atoms with Gasteiger partial charge in [-0.15, -0.1) is 11.3 Å². The van der Waals surface area contributed by atoms with E-state index in [4.69, 9.17) is 16.1 Å². The van der Waals surface area contributed by atoms with Crippen LogP contribution in [0, 0.1) is 6.92 Å². The van der Waals surface area contributed by atoms with Gasteiger partial charge in [0.1, 0.15) is 5.01 Å². The Labute approximate surface area is 173 Å². The molecule has 1 N–H and O–H groups in total. The van der Waals surface area contributed by atoms with E-state index in [-0.39, 0.29) is 11.8 Å². The van der Waals surface area contributed by atoms with Gasteiger partial charge in [-0.05, 0) is 25.5 Å². The molecule has 0 atom stereocenters. The Hall–Kier alpha value is -2.25. The van der Waals surface area contributed by atoms with Crippen LogP contribution in [0.15, 0.2) is 28.8 Å². The van der Waals surface area contributed by atoms with Crippen molar-refractivity contribution in [2.75, 3.05) is 0 Å². The Balaban J connectivity index is 1.46. The van der Waals surface area contributed by atoms with Crippen LogP contribution in [0.2, 0.25) is 5.02 Å². The first-order valence-corrected chi connectivity index (χ1v) is 10.4. The molecule has 0 aliphatic rings. The Kier molecular flexibility index (Phi) is 6.80. The maximum absolute atomic E-state index is 12.1. The number of thiazole rings is 1. The molecule has 0 spiro atoms. The highest BCUT2D eigenvalue weighted by molar-refractivity contribution is 7.12. The third kappa shape index (κ3) is 5.39. The molecule has 0 aliphatic heterocycles. The molecule has 28 heavy (non-hydrogen) atoms. The van der Waals surface area contributed by atoms with Crippen molar-refractivity contribution >= 4 is 28.8 Å². The van der Waals surface area contributed by atoms with Crippen molar-refractivity contribution in [3.63, 3.8) is 0 Å². The zero-order valence-corrected chi connectivity index (χ0v) is 17.7. The van der Waals surface area contributed by atoms with Gasteiger partial charge in [-0.1, -0.05) is 42.7 Å². The number of carbonyl (C=O) groups excluding carboxylic acids is 1. The van der Waals surface area contributed by atoms with E-state index >= 15 is 0 Å². The Morgan fingerprint density at radius 2 is 2.00 bits per heavy atom. The van der Waals surface area contributed by atoms with E-state index in [2.05, 4.69) is 20.4 Å². The molecular weight excluding hydrogens is 396 g/mol. The number of benzene rings is 1. The van der Waals surface area contributed by atoms with Crippen LogP contribution >= 0.6 is 22.9 Å². The van der Waals surface area contributed by atoms with Crippen molar-refractivity contribution < 1.29 is 9.32 Å². The summed E-state index contributed by atoms with van der Waals surface area (Å²) in [5.41, 5.74) is 1.96. The third-order valence-electron chi connectivity index (χ3n) is 4.19. The van der Waals surface area contributed by atoms with Crippen LogP contribution in [0.3, 0.4) is 0 Å². The fourth-order valence-corrected chi connectivity index (χ4v) is 3.69. The highest BCUT2D eigenvalue weighted by atomic mass is 35.5. The molecule has 0 radical (unpaired) electrons. The van der Waals surface area contributed by atoms with Crippen molar-refractivity contribution in [1.29, 1.82) is 0 Å². The summed E-state index contributed by atoms with van der Waals surface area (Å²) in [5.74, 6) is 1.51. The molecule has 1 aromatic carbocycles. The summed E-state index contributed by atoms with van der Waals surface area (Å²) in [4.78, 5) is 22.2. The zero-order valence-electron chi connectivity index (χ0n) is 16.2. The molecule has 2 aromatic heterocycles. The van der Waals surface area contributed by atoms with Crippen LogP contribution in [-0.4, -0.2) is 21.0 Å². The minimum atomic E-state index is -0.00973. The fourth-order valence-electron chi connectivity index (χ4n) is 2.67. The van der Waals surface area contributed by atoms with Gasteiger partial charge >= 0.3 is 0 Å². The Morgan fingerprint density at radius 1 is 1.25 bits per heavy atom. The van der Waals surface area contributed by atoms with Gasteiger partial charge in [0.2, 0.25) is 11.8 Å². The molecule has 3 rings (SSSR count). The lowest BCUT2D eigenvalue weighted by molar-refractivity contribution is -0.121. The number of nitrogens with zero attached hydrogens (tertiary/aromatic N) is 3. The molecule has 6 nitrogen and oxygen atoms in total. The summed E-state index contributed by atoms with van der Waals surface area (Å²) >= 11 is 7.54. The van der Waals surface area contributed by atoms with Crippen molar-refractivity contribution in [1.82, 2.24) is 20.4 Å². The van der Waals surface area contributed by atoms with E-state index in [1.54, 1.807) is 11.3 Å². The summed E-state index contributed by atoms with van der Waals surface area (Å²) in [6, 6.07) is 7.61. The minimum absolute atomic E-state index is 0.00973. The standard InChI is InChI=1S/C20H23ClN4O2S/c1-12(2)20-23-17(27-25-20)6-4-5-16(26)22-11-18-24-19(13(3)28-18)14-7-9-15(21)10-8-14/h7-10,12H,4-6,11H2,1-3H3,(H,22,26). The lowest BCUT2D eigenvalue weighted by Gasteiger charge is -2.02. The smallest absolute Gasteiger partial charge is 0.226 e. The first-order valence-electron chi connectivity index (χ1n) is 9.24. The van der Waals surface area contributed by atoms with Gasteiger partial charge in [0.15, 0.2) is 5.82 Å². The number of hydrogen-bond donors (Lipinski definition) is 1. The third-order valence-corrected chi connectivity index (χ3v) is 5.41. The second-order valence-corrected chi connectivity index (χ2v) is 8.57. The molecule has 0 bridgehead atoms. The predicted octanol–water partition coefficient (Wildman–Crippen LogP) is 4.92. The molecule has 2 heterocycles. The van der Waals surface area contributed by atoms with E-state index in [9.17, 15) is 4.79 Å². The summed E-state index contributed by atoms with van der Waals surface area (Å²) in [6.45, 7) is 6.49. The van der Waals surface area contributed by atoms with Gasteiger partial charge in [0.05, 0.1) is 12.2 Å². The largest absolute Gasteiger partial charge is 0.350 e. The molecule has 3 aromatic rings. The van der Waals surface area contributed by atoms with E-state index in [1.165, 1.54) is 0 Å². The second kappa shape index (κ2) is 9.30. The minimum Gasteiger partial charge on any atom is -0.350 e. The molecule has 0 unspecified atom stereocenters. The van der Waals surface area contributed by atoms with E-state index in [1.807, 2.05) is 45.0 Å².